The van der Waals surface area contributed by atoms with Gasteiger partial charge in [0.05, 0.1) is 17.6 Å². The highest BCUT2D eigenvalue weighted by molar-refractivity contribution is 6.00. The van der Waals surface area contributed by atoms with Crippen molar-refractivity contribution in [2.24, 2.45) is 5.92 Å². The van der Waals surface area contributed by atoms with E-state index in [0.29, 0.717) is 59.4 Å². The van der Waals surface area contributed by atoms with Gasteiger partial charge in [0, 0.05) is 61.5 Å². The predicted molar refractivity (Wildman–Crippen MR) is 152 cm³/mol. The second kappa shape index (κ2) is 11.9. The number of pyridine rings is 1. The quantitative estimate of drug-likeness (QED) is 0.305. The molecule has 1 saturated heterocycles. The number of benzene rings is 2. The molecule has 4 aromatic rings. The Morgan fingerprint density at radius 2 is 1.86 bits per heavy atom. The van der Waals surface area contributed by atoms with Gasteiger partial charge in [-0.2, -0.15) is 10.4 Å². The van der Waals surface area contributed by atoms with Crippen molar-refractivity contribution in [3.8, 4) is 17.7 Å². The number of hydrogen-bond donors (Lipinski definition) is 1. The van der Waals surface area contributed by atoms with Crippen LogP contribution in [0.4, 0.5) is 8.78 Å². The number of likely N-dealkylation sites (tertiary alicyclic amines) is 1. The van der Waals surface area contributed by atoms with Crippen molar-refractivity contribution in [3.05, 3.63) is 83.2 Å². The second-order valence-electron chi connectivity index (χ2n) is 10.6. The zero-order valence-electron chi connectivity index (χ0n) is 23.3. The lowest BCUT2D eigenvalue weighted by Gasteiger charge is -2.32. The van der Waals surface area contributed by atoms with E-state index in [1.54, 1.807) is 55.5 Å². The summed E-state index contributed by atoms with van der Waals surface area (Å²) >= 11 is 0. The molecule has 1 aliphatic rings. The Kier molecular flexibility index (Phi) is 8.15. The minimum Gasteiger partial charge on any atom is -0.439 e. The van der Waals surface area contributed by atoms with Crippen molar-refractivity contribution in [1.29, 1.82) is 5.26 Å². The average molecular weight is 573 g/mol. The number of alkyl halides is 2. The minimum atomic E-state index is -2.98. The van der Waals surface area contributed by atoms with E-state index in [4.69, 9.17) is 10.00 Å². The van der Waals surface area contributed by atoms with Gasteiger partial charge in [0.2, 0.25) is 5.88 Å². The smallest absolute Gasteiger partial charge is 0.262 e. The lowest BCUT2D eigenvalue weighted by atomic mass is 9.96. The van der Waals surface area contributed by atoms with Crippen LogP contribution in [0.3, 0.4) is 0 Å². The molecule has 1 N–H and O–H groups in total. The van der Waals surface area contributed by atoms with Crippen molar-refractivity contribution in [1.82, 2.24) is 25.0 Å². The molecule has 1 fully saturated rings. The van der Waals surface area contributed by atoms with E-state index in [9.17, 15) is 18.4 Å². The van der Waals surface area contributed by atoms with E-state index in [1.807, 2.05) is 21.8 Å². The Bertz CT molecular complexity index is 1630. The molecule has 0 aliphatic carbocycles. The minimum absolute atomic E-state index is 0.0383. The molecule has 9 nitrogen and oxygen atoms in total. The molecule has 0 bridgehead atoms. The summed E-state index contributed by atoms with van der Waals surface area (Å²) in [6.07, 6.45) is 4.98. The number of carbonyl (C=O) groups is 2. The number of ether oxygens (including phenoxy) is 1. The highest BCUT2D eigenvalue weighted by atomic mass is 19.3. The molecule has 0 radical (unpaired) electrons. The van der Waals surface area contributed by atoms with Crippen LogP contribution in [0.1, 0.15) is 51.6 Å². The molecular formula is C31H30F2N6O3. The summed E-state index contributed by atoms with van der Waals surface area (Å²) in [4.78, 5) is 31.5. The number of aryl methyl sites for hydroxylation is 1. The maximum atomic E-state index is 13.2. The first-order valence-corrected chi connectivity index (χ1v) is 13.7. The SMILES string of the molecule is Cc1c(C(=O)NCC(C)(F)F)ccc2nn(CC3CCN(C(=O)c4ccc(Oc5ccc(C#N)cn5)cc4)CC3)cc12. The average Bonchev–Trinajstić information content (AvgIpc) is 3.40. The molecule has 0 spiro atoms. The maximum Gasteiger partial charge on any atom is 0.262 e. The van der Waals surface area contributed by atoms with Crippen LogP contribution in [0.25, 0.3) is 10.9 Å². The number of amides is 2. The van der Waals surface area contributed by atoms with Crippen molar-refractivity contribution >= 4 is 22.7 Å². The van der Waals surface area contributed by atoms with Crippen LogP contribution in [0, 0.1) is 24.2 Å². The van der Waals surface area contributed by atoms with Crippen molar-refractivity contribution in [2.45, 2.75) is 39.2 Å². The standard InChI is InChI=1S/C31H30F2N6O3/c1-20-25(29(40)36-19-31(2,32)33)8-9-27-26(20)18-39(37-27)17-21-11-13-38(14-12-21)30(41)23-4-6-24(7-5-23)42-28-10-3-22(15-34)16-35-28/h3-10,16,18,21H,11-14,17,19H2,1-2H3,(H,36,40). The fourth-order valence-corrected chi connectivity index (χ4v) is 5.01. The maximum absolute atomic E-state index is 13.2. The van der Waals surface area contributed by atoms with Gasteiger partial charge in [0.25, 0.3) is 17.7 Å². The lowest BCUT2D eigenvalue weighted by molar-refractivity contribution is 0.0221. The Morgan fingerprint density at radius 1 is 1.12 bits per heavy atom. The Hall–Kier alpha value is -4.85. The number of carbonyl (C=O) groups excluding carboxylic acids is 2. The number of fused-ring (bicyclic) bond motifs is 1. The van der Waals surface area contributed by atoms with Crippen LogP contribution in [0.2, 0.25) is 0 Å². The lowest BCUT2D eigenvalue weighted by Crippen LogP contribution is -2.39. The van der Waals surface area contributed by atoms with E-state index < -0.39 is 18.4 Å². The number of halogens is 2. The van der Waals surface area contributed by atoms with Crippen LogP contribution in [-0.4, -0.2) is 57.0 Å². The third-order valence-electron chi connectivity index (χ3n) is 7.35. The van der Waals surface area contributed by atoms with Gasteiger partial charge in [-0.15, -0.1) is 0 Å². The topological polar surface area (TPSA) is 113 Å². The molecular weight excluding hydrogens is 542 g/mol. The van der Waals surface area contributed by atoms with E-state index in [1.165, 1.54) is 6.20 Å². The number of nitrogens with one attached hydrogen (secondary N) is 1. The Balaban J connectivity index is 1.15. The molecule has 1 aliphatic heterocycles. The number of nitriles is 1. The molecule has 0 atom stereocenters. The van der Waals surface area contributed by atoms with Gasteiger partial charge < -0.3 is 15.0 Å². The van der Waals surface area contributed by atoms with Crippen LogP contribution in [0.15, 0.2) is 60.9 Å². The zero-order valence-corrected chi connectivity index (χ0v) is 23.3. The van der Waals surface area contributed by atoms with Gasteiger partial charge in [-0.25, -0.2) is 13.8 Å². The van der Waals surface area contributed by atoms with E-state index >= 15 is 0 Å². The molecule has 5 rings (SSSR count). The normalized spacial score (nSPS) is 14.0. The Morgan fingerprint density at radius 3 is 2.50 bits per heavy atom. The largest absolute Gasteiger partial charge is 0.439 e. The Labute approximate surface area is 241 Å². The van der Waals surface area contributed by atoms with E-state index in [2.05, 4.69) is 15.4 Å². The summed E-state index contributed by atoms with van der Waals surface area (Å²) in [7, 11) is 0. The third-order valence-corrected chi connectivity index (χ3v) is 7.35. The first-order chi connectivity index (χ1) is 20.1. The highest BCUT2D eigenvalue weighted by Gasteiger charge is 2.25. The van der Waals surface area contributed by atoms with Crippen LogP contribution in [-0.2, 0) is 6.54 Å². The predicted octanol–water partition coefficient (Wildman–Crippen LogP) is 5.34. The third kappa shape index (κ3) is 6.71. The number of aromatic nitrogens is 3. The molecule has 2 aromatic carbocycles. The molecule has 216 valence electrons. The molecule has 2 amide bonds. The summed E-state index contributed by atoms with van der Waals surface area (Å²) in [5, 5.41) is 16.6. The van der Waals surface area contributed by atoms with Gasteiger partial charge >= 0.3 is 0 Å². The van der Waals surface area contributed by atoms with Crippen LogP contribution >= 0.6 is 0 Å². The summed E-state index contributed by atoms with van der Waals surface area (Å²) in [6, 6.07) is 15.5. The molecule has 0 saturated carbocycles. The fourth-order valence-electron chi connectivity index (χ4n) is 5.01. The van der Waals surface area contributed by atoms with E-state index in [-0.39, 0.29) is 5.91 Å². The van der Waals surface area contributed by atoms with Gasteiger partial charge in [-0.05, 0) is 73.7 Å². The van der Waals surface area contributed by atoms with Crippen molar-refractivity contribution in [3.63, 3.8) is 0 Å². The second-order valence-corrected chi connectivity index (χ2v) is 10.6. The molecule has 0 unspecified atom stereocenters. The summed E-state index contributed by atoms with van der Waals surface area (Å²) < 4.78 is 33.9. The molecule has 42 heavy (non-hydrogen) atoms. The highest BCUT2D eigenvalue weighted by Crippen LogP contribution is 2.26. The molecule has 2 aromatic heterocycles. The first-order valence-electron chi connectivity index (χ1n) is 13.7. The van der Waals surface area contributed by atoms with Crippen LogP contribution < -0.4 is 10.1 Å². The van der Waals surface area contributed by atoms with Gasteiger partial charge in [0.1, 0.15) is 11.8 Å². The number of piperidine rings is 1. The van der Waals surface area contributed by atoms with Gasteiger partial charge in [-0.3, -0.25) is 14.3 Å². The van der Waals surface area contributed by atoms with Crippen molar-refractivity contribution < 1.29 is 23.1 Å². The molecule has 11 heteroatoms. The van der Waals surface area contributed by atoms with Crippen molar-refractivity contribution in [2.75, 3.05) is 19.6 Å². The fraction of sp³-hybridized carbons (Fsp3) is 0.323. The number of nitrogens with zero attached hydrogens (tertiary/aromatic N) is 5. The summed E-state index contributed by atoms with van der Waals surface area (Å²) in [5.74, 6) is -2.33. The summed E-state index contributed by atoms with van der Waals surface area (Å²) in [5.41, 5.74) is 2.80. The number of rotatable bonds is 8. The zero-order chi connectivity index (χ0) is 29.9. The van der Waals surface area contributed by atoms with E-state index in [0.717, 1.165) is 30.7 Å². The summed E-state index contributed by atoms with van der Waals surface area (Å²) in [6.45, 7) is 3.77. The number of hydrogen-bond acceptors (Lipinski definition) is 6. The van der Waals surface area contributed by atoms with Crippen LogP contribution in [0.5, 0.6) is 11.6 Å². The molecule has 3 heterocycles. The first kappa shape index (κ1) is 28.7. The van der Waals surface area contributed by atoms with Gasteiger partial charge in [0.15, 0.2) is 0 Å². The monoisotopic (exact) mass is 572 g/mol. The van der Waals surface area contributed by atoms with Gasteiger partial charge in [-0.1, -0.05) is 0 Å².